The first kappa shape index (κ1) is 21.7. The Hall–Kier alpha value is -3.00. The SMILES string of the molecule is Cc1nn([C@H](C)C(=O)NCCCOC(C)C)c(=O)c2c(C)n(-c3ccccc3)nc12. The van der Waals surface area contributed by atoms with Gasteiger partial charge in [-0.2, -0.15) is 10.2 Å². The smallest absolute Gasteiger partial charge is 0.278 e. The van der Waals surface area contributed by atoms with Gasteiger partial charge in [0.25, 0.3) is 5.56 Å². The van der Waals surface area contributed by atoms with Gasteiger partial charge in [0, 0.05) is 13.2 Å². The second-order valence-electron chi connectivity index (χ2n) is 7.63. The summed E-state index contributed by atoms with van der Waals surface area (Å²) in [5.41, 5.74) is 2.43. The van der Waals surface area contributed by atoms with Crippen molar-refractivity contribution in [3.05, 3.63) is 52.1 Å². The van der Waals surface area contributed by atoms with Crippen molar-refractivity contribution in [1.29, 1.82) is 0 Å². The molecule has 8 nitrogen and oxygen atoms in total. The molecule has 30 heavy (non-hydrogen) atoms. The third-order valence-electron chi connectivity index (χ3n) is 4.96. The fourth-order valence-electron chi connectivity index (χ4n) is 3.33. The highest BCUT2D eigenvalue weighted by molar-refractivity contribution is 5.84. The molecule has 1 aromatic carbocycles. The molecule has 0 saturated carbocycles. The summed E-state index contributed by atoms with van der Waals surface area (Å²) in [4.78, 5) is 25.8. The van der Waals surface area contributed by atoms with Crippen molar-refractivity contribution in [2.24, 2.45) is 0 Å². The zero-order chi connectivity index (χ0) is 21.8. The molecule has 0 saturated heterocycles. The van der Waals surface area contributed by atoms with E-state index < -0.39 is 6.04 Å². The maximum atomic E-state index is 13.2. The van der Waals surface area contributed by atoms with Gasteiger partial charge in [0.15, 0.2) is 0 Å². The number of carbonyl (C=O) groups is 1. The Kier molecular flexibility index (Phi) is 6.66. The van der Waals surface area contributed by atoms with Gasteiger partial charge in [0.05, 0.1) is 28.6 Å². The number of nitrogens with one attached hydrogen (secondary N) is 1. The van der Waals surface area contributed by atoms with Crippen molar-refractivity contribution in [2.75, 3.05) is 13.2 Å². The van der Waals surface area contributed by atoms with Gasteiger partial charge in [0.2, 0.25) is 5.91 Å². The van der Waals surface area contributed by atoms with E-state index in [-0.39, 0.29) is 17.6 Å². The number of aromatic nitrogens is 4. The minimum absolute atomic E-state index is 0.164. The van der Waals surface area contributed by atoms with Gasteiger partial charge in [-0.25, -0.2) is 9.36 Å². The van der Waals surface area contributed by atoms with Gasteiger partial charge in [-0.1, -0.05) is 18.2 Å². The molecular weight excluding hydrogens is 382 g/mol. The highest BCUT2D eigenvalue weighted by Gasteiger charge is 2.23. The Morgan fingerprint density at radius 2 is 1.83 bits per heavy atom. The molecule has 160 valence electrons. The van der Waals surface area contributed by atoms with Crippen molar-refractivity contribution in [3.8, 4) is 5.69 Å². The van der Waals surface area contributed by atoms with Crippen molar-refractivity contribution in [2.45, 2.75) is 53.2 Å². The molecule has 1 N–H and O–H groups in total. The molecule has 2 aromatic heterocycles. The molecule has 0 aliphatic carbocycles. The highest BCUT2D eigenvalue weighted by Crippen LogP contribution is 2.20. The van der Waals surface area contributed by atoms with Crippen molar-refractivity contribution >= 4 is 16.8 Å². The summed E-state index contributed by atoms with van der Waals surface area (Å²) < 4.78 is 8.47. The molecule has 0 aliphatic heterocycles. The topological polar surface area (TPSA) is 91.0 Å². The first-order valence-corrected chi connectivity index (χ1v) is 10.2. The lowest BCUT2D eigenvalue weighted by Crippen LogP contribution is -2.38. The van der Waals surface area contributed by atoms with Crippen LogP contribution in [-0.4, -0.2) is 44.7 Å². The van der Waals surface area contributed by atoms with Crippen LogP contribution in [0.3, 0.4) is 0 Å². The summed E-state index contributed by atoms with van der Waals surface area (Å²) in [6.07, 6.45) is 0.872. The number of amides is 1. The van der Waals surface area contributed by atoms with Crippen molar-refractivity contribution < 1.29 is 9.53 Å². The zero-order valence-corrected chi connectivity index (χ0v) is 18.2. The van der Waals surface area contributed by atoms with Gasteiger partial charge in [0.1, 0.15) is 11.6 Å². The third kappa shape index (κ3) is 4.43. The normalized spacial score (nSPS) is 12.5. The van der Waals surface area contributed by atoms with E-state index in [2.05, 4.69) is 15.5 Å². The Labute approximate surface area is 175 Å². The number of hydrogen-bond acceptors (Lipinski definition) is 5. The van der Waals surface area contributed by atoms with Crippen LogP contribution < -0.4 is 10.9 Å². The molecule has 0 spiro atoms. The number of para-hydroxylation sites is 1. The van der Waals surface area contributed by atoms with Gasteiger partial charge in [-0.3, -0.25) is 9.59 Å². The van der Waals surface area contributed by atoms with Crippen LogP contribution in [0.1, 0.15) is 44.6 Å². The van der Waals surface area contributed by atoms with E-state index >= 15 is 0 Å². The number of carbonyl (C=O) groups excluding carboxylic acids is 1. The lowest BCUT2D eigenvalue weighted by atomic mass is 10.2. The van der Waals surface area contributed by atoms with Crippen LogP contribution in [0.5, 0.6) is 0 Å². The Morgan fingerprint density at radius 3 is 2.50 bits per heavy atom. The molecule has 0 radical (unpaired) electrons. The molecule has 0 unspecified atom stereocenters. The molecule has 8 heteroatoms. The van der Waals surface area contributed by atoms with E-state index in [4.69, 9.17) is 4.74 Å². The number of fused-ring (bicyclic) bond motifs is 1. The Bertz CT molecular complexity index is 1090. The summed E-state index contributed by atoms with van der Waals surface area (Å²) in [5.74, 6) is -0.249. The predicted molar refractivity (Wildman–Crippen MR) is 116 cm³/mol. The Balaban J connectivity index is 1.86. The van der Waals surface area contributed by atoms with Crippen molar-refractivity contribution in [1.82, 2.24) is 24.9 Å². The fourth-order valence-corrected chi connectivity index (χ4v) is 3.33. The van der Waals surface area contributed by atoms with E-state index in [0.29, 0.717) is 36.2 Å². The first-order valence-electron chi connectivity index (χ1n) is 10.2. The molecule has 0 aliphatic rings. The first-order chi connectivity index (χ1) is 14.3. The van der Waals surface area contributed by atoms with Gasteiger partial charge in [-0.15, -0.1) is 0 Å². The second-order valence-corrected chi connectivity index (χ2v) is 7.63. The number of aryl methyl sites for hydroxylation is 2. The summed E-state index contributed by atoms with van der Waals surface area (Å²) in [6, 6.07) is 8.90. The lowest BCUT2D eigenvalue weighted by molar-refractivity contribution is -0.124. The number of rotatable bonds is 8. The van der Waals surface area contributed by atoms with Crippen LogP contribution in [0, 0.1) is 13.8 Å². The standard InChI is InChI=1S/C22H29N5O3/c1-14(2)30-13-9-12-23-21(28)17(5)27-22(29)19-16(4)26(18-10-7-6-8-11-18)25-20(19)15(3)24-27/h6-8,10-11,14,17H,9,12-13H2,1-5H3,(H,23,28)/t17-/m1/s1. The zero-order valence-electron chi connectivity index (χ0n) is 18.2. The predicted octanol–water partition coefficient (Wildman–Crippen LogP) is 2.69. The maximum Gasteiger partial charge on any atom is 0.278 e. The van der Waals surface area contributed by atoms with E-state index in [1.54, 1.807) is 18.5 Å². The minimum Gasteiger partial charge on any atom is -0.379 e. The van der Waals surface area contributed by atoms with Gasteiger partial charge in [-0.05, 0) is 53.2 Å². The molecule has 3 rings (SSSR count). The highest BCUT2D eigenvalue weighted by atomic mass is 16.5. The lowest BCUT2D eigenvalue weighted by Gasteiger charge is -2.15. The molecule has 0 fully saturated rings. The second kappa shape index (κ2) is 9.21. The van der Waals surface area contributed by atoms with E-state index in [1.165, 1.54) is 4.68 Å². The summed E-state index contributed by atoms with van der Waals surface area (Å²) in [5, 5.41) is 12.3. The van der Waals surface area contributed by atoms with Crippen LogP contribution in [0.15, 0.2) is 35.1 Å². The largest absolute Gasteiger partial charge is 0.379 e. The summed E-state index contributed by atoms with van der Waals surface area (Å²) in [7, 11) is 0. The van der Waals surface area contributed by atoms with E-state index in [0.717, 1.165) is 11.4 Å². The molecule has 2 heterocycles. The van der Waals surface area contributed by atoms with Crippen LogP contribution >= 0.6 is 0 Å². The summed E-state index contributed by atoms with van der Waals surface area (Å²) >= 11 is 0. The number of benzene rings is 1. The van der Waals surface area contributed by atoms with Crippen LogP contribution in [0.4, 0.5) is 0 Å². The Morgan fingerprint density at radius 1 is 1.13 bits per heavy atom. The third-order valence-corrected chi connectivity index (χ3v) is 4.96. The van der Waals surface area contributed by atoms with E-state index in [1.807, 2.05) is 51.1 Å². The van der Waals surface area contributed by atoms with Crippen LogP contribution in [0.25, 0.3) is 16.6 Å². The average molecular weight is 412 g/mol. The molecule has 0 bridgehead atoms. The van der Waals surface area contributed by atoms with Gasteiger partial charge < -0.3 is 10.1 Å². The molecule has 1 amide bonds. The van der Waals surface area contributed by atoms with Crippen LogP contribution in [0.2, 0.25) is 0 Å². The molecule has 1 atom stereocenters. The molecular formula is C22H29N5O3. The average Bonchev–Trinajstić information content (AvgIpc) is 3.08. The summed E-state index contributed by atoms with van der Waals surface area (Å²) in [6.45, 7) is 10.3. The van der Waals surface area contributed by atoms with Crippen LogP contribution in [-0.2, 0) is 9.53 Å². The molecule has 3 aromatic rings. The van der Waals surface area contributed by atoms with Gasteiger partial charge >= 0.3 is 0 Å². The number of hydrogen-bond donors (Lipinski definition) is 1. The van der Waals surface area contributed by atoms with E-state index in [9.17, 15) is 9.59 Å². The van der Waals surface area contributed by atoms with Crippen molar-refractivity contribution in [3.63, 3.8) is 0 Å². The minimum atomic E-state index is -0.730. The number of ether oxygens (including phenoxy) is 1. The maximum absolute atomic E-state index is 13.2. The quantitative estimate of drug-likeness (QED) is 0.576. The number of nitrogens with zero attached hydrogens (tertiary/aromatic N) is 4. The fraction of sp³-hybridized carbons (Fsp3) is 0.455. The monoisotopic (exact) mass is 411 g/mol.